The first-order valence-electron chi connectivity index (χ1n) is 4.04. The van der Waals surface area contributed by atoms with Crippen LogP contribution < -0.4 is 4.90 Å². The molecular weight excluding hydrogens is 198 g/mol. The lowest BCUT2D eigenvalue weighted by Crippen LogP contribution is -2.29. The number of benzene rings is 1. The molecular formula is C10H7NO2S. The Morgan fingerprint density at radius 2 is 1.57 bits per heavy atom. The summed E-state index contributed by atoms with van der Waals surface area (Å²) in [4.78, 5) is 24.4. The van der Waals surface area contributed by atoms with E-state index in [-0.39, 0.29) is 11.8 Å². The number of amides is 2. The summed E-state index contributed by atoms with van der Waals surface area (Å²) in [5.74, 6) is -0.645. The molecule has 70 valence electrons. The highest BCUT2D eigenvalue weighted by Gasteiger charge is 2.25. The van der Waals surface area contributed by atoms with E-state index in [4.69, 9.17) is 0 Å². The maximum absolute atomic E-state index is 11.3. The summed E-state index contributed by atoms with van der Waals surface area (Å²) in [6.07, 6.45) is 2.51. The summed E-state index contributed by atoms with van der Waals surface area (Å²) in [5.41, 5.74) is 0.524. The normalized spacial score (nSPS) is 15.4. The molecule has 1 aromatic carbocycles. The lowest BCUT2D eigenvalue weighted by Gasteiger charge is -2.15. The fraction of sp³-hybridized carbons (Fsp3) is 0. The average molecular weight is 205 g/mol. The molecule has 0 aromatic heterocycles. The standard InChI is InChI=1S/C10H7NO2S/c12-9-5-6-10(13)11(9)7-3-1-2-4-8(7)14/h1-6,14H. The minimum atomic E-state index is -0.323. The highest BCUT2D eigenvalue weighted by Crippen LogP contribution is 2.25. The third-order valence-electron chi connectivity index (χ3n) is 1.93. The number of hydrogen-bond acceptors (Lipinski definition) is 3. The molecule has 0 aliphatic carbocycles. The van der Waals surface area contributed by atoms with Crippen LogP contribution in [0.2, 0.25) is 0 Å². The van der Waals surface area contributed by atoms with Crippen molar-refractivity contribution in [2.24, 2.45) is 0 Å². The third kappa shape index (κ3) is 1.33. The fourth-order valence-electron chi connectivity index (χ4n) is 1.29. The lowest BCUT2D eigenvalue weighted by molar-refractivity contribution is -0.120. The molecule has 1 aliphatic heterocycles. The SMILES string of the molecule is O=C1C=CC(=O)N1c1ccccc1S. The van der Waals surface area contributed by atoms with E-state index in [0.29, 0.717) is 10.6 Å². The van der Waals surface area contributed by atoms with Gasteiger partial charge in [-0.15, -0.1) is 12.6 Å². The Bertz CT molecular complexity index is 422. The van der Waals surface area contributed by atoms with Crippen LogP contribution in [0.1, 0.15) is 0 Å². The van der Waals surface area contributed by atoms with Gasteiger partial charge in [0, 0.05) is 17.0 Å². The molecule has 0 fully saturated rings. The van der Waals surface area contributed by atoms with Gasteiger partial charge in [0.25, 0.3) is 11.8 Å². The van der Waals surface area contributed by atoms with Crippen molar-refractivity contribution >= 4 is 30.1 Å². The lowest BCUT2D eigenvalue weighted by atomic mass is 10.3. The molecule has 14 heavy (non-hydrogen) atoms. The van der Waals surface area contributed by atoms with Crippen LogP contribution in [0, 0.1) is 0 Å². The van der Waals surface area contributed by atoms with E-state index in [1.807, 2.05) is 0 Å². The summed E-state index contributed by atoms with van der Waals surface area (Å²) in [6, 6.07) is 6.97. The molecule has 0 atom stereocenters. The van der Waals surface area contributed by atoms with Gasteiger partial charge in [-0.25, -0.2) is 4.90 Å². The molecule has 0 saturated heterocycles. The first-order valence-corrected chi connectivity index (χ1v) is 4.49. The van der Waals surface area contributed by atoms with Crippen LogP contribution in [0.4, 0.5) is 5.69 Å². The number of imide groups is 1. The van der Waals surface area contributed by atoms with Crippen LogP contribution in [0.25, 0.3) is 0 Å². The summed E-state index contributed by atoms with van der Waals surface area (Å²) >= 11 is 4.18. The Hall–Kier alpha value is -1.55. The van der Waals surface area contributed by atoms with E-state index < -0.39 is 0 Å². The van der Waals surface area contributed by atoms with Crippen molar-refractivity contribution in [1.29, 1.82) is 0 Å². The molecule has 0 radical (unpaired) electrons. The Balaban J connectivity index is 2.46. The minimum Gasteiger partial charge on any atom is -0.269 e. The van der Waals surface area contributed by atoms with E-state index in [1.165, 1.54) is 12.2 Å². The Morgan fingerprint density at radius 1 is 1.00 bits per heavy atom. The average Bonchev–Trinajstić information content (AvgIpc) is 2.48. The highest BCUT2D eigenvalue weighted by molar-refractivity contribution is 7.80. The predicted octanol–water partition coefficient (Wildman–Crippen LogP) is 1.40. The second kappa shape index (κ2) is 3.31. The van der Waals surface area contributed by atoms with Crippen molar-refractivity contribution in [3.05, 3.63) is 36.4 Å². The Labute approximate surface area is 86.4 Å². The first kappa shape index (κ1) is 9.02. The molecule has 1 aliphatic rings. The largest absolute Gasteiger partial charge is 0.269 e. The second-order valence-corrected chi connectivity index (χ2v) is 3.32. The van der Waals surface area contributed by atoms with Gasteiger partial charge in [0.05, 0.1) is 5.69 Å². The van der Waals surface area contributed by atoms with Crippen LogP contribution in [0.15, 0.2) is 41.3 Å². The molecule has 3 nitrogen and oxygen atoms in total. The van der Waals surface area contributed by atoms with Crippen LogP contribution in [0.5, 0.6) is 0 Å². The van der Waals surface area contributed by atoms with Crippen LogP contribution >= 0.6 is 12.6 Å². The zero-order valence-corrected chi connectivity index (χ0v) is 8.07. The van der Waals surface area contributed by atoms with E-state index in [9.17, 15) is 9.59 Å². The van der Waals surface area contributed by atoms with E-state index in [2.05, 4.69) is 12.6 Å². The predicted molar refractivity (Wildman–Crippen MR) is 55.3 cm³/mol. The van der Waals surface area contributed by atoms with Crippen molar-refractivity contribution in [2.75, 3.05) is 4.90 Å². The quantitative estimate of drug-likeness (QED) is 0.556. The molecule has 0 N–H and O–H groups in total. The van der Waals surface area contributed by atoms with Crippen LogP contribution in [-0.2, 0) is 9.59 Å². The van der Waals surface area contributed by atoms with Gasteiger partial charge < -0.3 is 0 Å². The second-order valence-electron chi connectivity index (χ2n) is 2.83. The fourth-order valence-corrected chi connectivity index (χ4v) is 1.55. The van der Waals surface area contributed by atoms with E-state index >= 15 is 0 Å². The number of anilines is 1. The van der Waals surface area contributed by atoms with Gasteiger partial charge in [-0.3, -0.25) is 9.59 Å². The summed E-state index contributed by atoms with van der Waals surface area (Å²) in [6.45, 7) is 0. The van der Waals surface area contributed by atoms with Gasteiger partial charge in [-0.1, -0.05) is 12.1 Å². The maximum atomic E-state index is 11.3. The summed E-state index contributed by atoms with van der Waals surface area (Å²) < 4.78 is 0. The van der Waals surface area contributed by atoms with Crippen molar-refractivity contribution in [2.45, 2.75) is 4.90 Å². The number of nitrogens with zero attached hydrogens (tertiary/aromatic N) is 1. The molecule has 0 saturated carbocycles. The van der Waals surface area contributed by atoms with Gasteiger partial charge >= 0.3 is 0 Å². The number of thiol groups is 1. The first-order chi connectivity index (χ1) is 6.70. The van der Waals surface area contributed by atoms with Gasteiger partial charge in [0.2, 0.25) is 0 Å². The number of carbonyl (C=O) groups is 2. The Kier molecular flexibility index (Phi) is 2.13. The highest BCUT2D eigenvalue weighted by atomic mass is 32.1. The Morgan fingerprint density at radius 3 is 2.14 bits per heavy atom. The number of carbonyl (C=O) groups excluding carboxylic acids is 2. The summed E-state index contributed by atoms with van der Waals surface area (Å²) in [7, 11) is 0. The van der Waals surface area contributed by atoms with Crippen molar-refractivity contribution in [3.8, 4) is 0 Å². The molecule has 2 amide bonds. The van der Waals surface area contributed by atoms with Gasteiger partial charge in [0.1, 0.15) is 0 Å². The monoisotopic (exact) mass is 205 g/mol. The van der Waals surface area contributed by atoms with Crippen molar-refractivity contribution < 1.29 is 9.59 Å². The summed E-state index contributed by atoms with van der Waals surface area (Å²) in [5, 5.41) is 0. The molecule has 0 unspecified atom stereocenters. The molecule has 4 heteroatoms. The van der Waals surface area contributed by atoms with E-state index in [0.717, 1.165) is 4.90 Å². The smallest absolute Gasteiger partial charge is 0.258 e. The van der Waals surface area contributed by atoms with Crippen LogP contribution in [0.3, 0.4) is 0 Å². The molecule has 0 spiro atoms. The molecule has 1 heterocycles. The number of hydrogen-bond donors (Lipinski definition) is 1. The maximum Gasteiger partial charge on any atom is 0.258 e. The van der Waals surface area contributed by atoms with Crippen molar-refractivity contribution in [3.63, 3.8) is 0 Å². The van der Waals surface area contributed by atoms with Crippen molar-refractivity contribution in [1.82, 2.24) is 0 Å². The number of para-hydroxylation sites is 1. The van der Waals surface area contributed by atoms with Crippen LogP contribution in [-0.4, -0.2) is 11.8 Å². The molecule has 2 rings (SSSR count). The molecule has 0 bridgehead atoms. The van der Waals surface area contributed by atoms with E-state index in [1.54, 1.807) is 24.3 Å². The molecule has 1 aromatic rings. The zero-order valence-electron chi connectivity index (χ0n) is 7.18. The minimum absolute atomic E-state index is 0.323. The van der Waals surface area contributed by atoms with Gasteiger partial charge in [-0.2, -0.15) is 0 Å². The van der Waals surface area contributed by atoms with Gasteiger partial charge in [0.15, 0.2) is 0 Å². The number of rotatable bonds is 1. The zero-order chi connectivity index (χ0) is 10.1. The topological polar surface area (TPSA) is 37.4 Å². The van der Waals surface area contributed by atoms with Gasteiger partial charge in [-0.05, 0) is 12.1 Å². The third-order valence-corrected chi connectivity index (χ3v) is 2.31.